The number of esters is 1. The molecule has 0 radical (unpaired) electrons. The summed E-state index contributed by atoms with van der Waals surface area (Å²) in [6, 6.07) is 19.2. The molecule has 0 amide bonds. The van der Waals surface area contributed by atoms with Gasteiger partial charge in [-0.1, -0.05) is 29.8 Å². The maximum atomic E-state index is 13.2. The second kappa shape index (κ2) is 9.14. The number of para-hydroxylation sites is 1. The van der Waals surface area contributed by atoms with Crippen molar-refractivity contribution < 1.29 is 22.7 Å². The molecule has 0 unspecified atom stereocenters. The van der Waals surface area contributed by atoms with Crippen LogP contribution in [0, 0.1) is 0 Å². The number of nitrogens with zero attached hydrogens (tertiary/aromatic N) is 1. The fourth-order valence-corrected chi connectivity index (χ4v) is 5.24. The summed E-state index contributed by atoms with van der Waals surface area (Å²) in [6.07, 6.45) is 1.57. The Morgan fingerprint density at radius 3 is 2.28 bits per heavy atom. The van der Waals surface area contributed by atoms with Crippen LogP contribution in [0.5, 0.6) is 0 Å². The van der Waals surface area contributed by atoms with E-state index in [-0.39, 0.29) is 16.2 Å². The van der Waals surface area contributed by atoms with E-state index in [0.29, 0.717) is 22.8 Å². The van der Waals surface area contributed by atoms with Crippen molar-refractivity contribution in [2.45, 2.75) is 17.7 Å². The largest absolute Gasteiger partial charge is 0.454 e. The Labute approximate surface area is 191 Å². The van der Waals surface area contributed by atoms with E-state index in [1.807, 2.05) is 18.2 Å². The molecule has 0 atom stereocenters. The number of sulfonamides is 1. The number of halogens is 1. The van der Waals surface area contributed by atoms with Gasteiger partial charge in [-0.05, 0) is 73.0 Å². The van der Waals surface area contributed by atoms with Gasteiger partial charge in [-0.15, -0.1) is 0 Å². The molecular weight excluding hydrogens is 450 g/mol. The Kier molecular flexibility index (Phi) is 6.30. The first-order valence-electron chi connectivity index (χ1n) is 10.0. The molecule has 1 heterocycles. The van der Waals surface area contributed by atoms with Crippen molar-refractivity contribution in [2.75, 3.05) is 17.5 Å². The van der Waals surface area contributed by atoms with Gasteiger partial charge in [0.25, 0.3) is 10.0 Å². The number of ether oxygens (including phenoxy) is 1. The van der Waals surface area contributed by atoms with Gasteiger partial charge < -0.3 is 4.74 Å². The topological polar surface area (TPSA) is 80.8 Å². The number of rotatable bonds is 6. The van der Waals surface area contributed by atoms with Gasteiger partial charge in [0.2, 0.25) is 0 Å². The molecule has 32 heavy (non-hydrogen) atoms. The second-order valence-corrected chi connectivity index (χ2v) is 9.64. The summed E-state index contributed by atoms with van der Waals surface area (Å²) in [5, 5.41) is 0.502. The van der Waals surface area contributed by atoms with E-state index in [2.05, 4.69) is 0 Å². The zero-order chi connectivity index (χ0) is 22.7. The van der Waals surface area contributed by atoms with Crippen molar-refractivity contribution in [2.24, 2.45) is 0 Å². The van der Waals surface area contributed by atoms with E-state index >= 15 is 0 Å². The van der Waals surface area contributed by atoms with Crippen LogP contribution in [0.1, 0.15) is 32.7 Å². The number of anilines is 1. The van der Waals surface area contributed by atoms with E-state index in [9.17, 15) is 18.0 Å². The Morgan fingerprint density at radius 1 is 0.906 bits per heavy atom. The molecule has 1 aliphatic rings. The second-order valence-electron chi connectivity index (χ2n) is 7.34. The maximum Gasteiger partial charge on any atom is 0.338 e. The lowest BCUT2D eigenvalue weighted by atomic mass is 10.0. The molecule has 1 aliphatic heterocycles. The van der Waals surface area contributed by atoms with E-state index in [0.717, 1.165) is 18.4 Å². The minimum Gasteiger partial charge on any atom is -0.454 e. The van der Waals surface area contributed by atoms with Gasteiger partial charge in [0.15, 0.2) is 12.4 Å². The first-order chi connectivity index (χ1) is 15.4. The van der Waals surface area contributed by atoms with Crippen molar-refractivity contribution in [3.05, 3.63) is 94.5 Å². The zero-order valence-electron chi connectivity index (χ0n) is 17.0. The van der Waals surface area contributed by atoms with Crippen molar-refractivity contribution in [3.8, 4) is 0 Å². The molecule has 8 heteroatoms. The Balaban J connectivity index is 1.45. The number of ketones is 1. The van der Waals surface area contributed by atoms with Gasteiger partial charge in [-0.25, -0.2) is 13.2 Å². The molecule has 0 saturated heterocycles. The molecule has 3 aromatic carbocycles. The highest BCUT2D eigenvalue weighted by Crippen LogP contribution is 2.31. The van der Waals surface area contributed by atoms with Crippen LogP contribution in [0.4, 0.5) is 5.69 Å². The quantitative estimate of drug-likeness (QED) is 0.391. The molecule has 0 spiro atoms. The lowest BCUT2D eigenvalue weighted by molar-refractivity contribution is 0.0474. The van der Waals surface area contributed by atoms with E-state index in [1.54, 1.807) is 30.3 Å². The normalized spacial score (nSPS) is 13.3. The van der Waals surface area contributed by atoms with Gasteiger partial charge in [-0.3, -0.25) is 9.10 Å². The minimum absolute atomic E-state index is 0.0861. The van der Waals surface area contributed by atoms with Crippen LogP contribution >= 0.6 is 11.6 Å². The Bertz CT molecular complexity index is 1250. The summed E-state index contributed by atoms with van der Waals surface area (Å²) in [6.45, 7) is -0.0268. The lowest BCUT2D eigenvalue weighted by Gasteiger charge is -2.30. The highest BCUT2D eigenvalue weighted by atomic mass is 35.5. The van der Waals surface area contributed by atoms with Gasteiger partial charge in [0.05, 0.1) is 16.1 Å². The molecule has 0 fully saturated rings. The van der Waals surface area contributed by atoms with E-state index in [4.69, 9.17) is 16.3 Å². The molecule has 0 aliphatic carbocycles. The molecule has 0 N–H and O–H groups in total. The third-order valence-electron chi connectivity index (χ3n) is 5.25. The summed E-state index contributed by atoms with van der Waals surface area (Å²) < 4.78 is 32.9. The highest BCUT2D eigenvalue weighted by molar-refractivity contribution is 7.92. The van der Waals surface area contributed by atoms with Crippen LogP contribution < -0.4 is 4.31 Å². The van der Waals surface area contributed by atoms with Gasteiger partial charge in [0, 0.05) is 17.1 Å². The van der Waals surface area contributed by atoms with E-state index < -0.39 is 22.6 Å². The van der Waals surface area contributed by atoms with Crippen molar-refractivity contribution in [3.63, 3.8) is 0 Å². The number of benzene rings is 3. The molecule has 0 bridgehead atoms. The first-order valence-corrected chi connectivity index (χ1v) is 11.8. The molecule has 6 nitrogen and oxygen atoms in total. The van der Waals surface area contributed by atoms with Gasteiger partial charge >= 0.3 is 5.97 Å². The van der Waals surface area contributed by atoms with Crippen LogP contribution in [0.15, 0.2) is 77.7 Å². The Hall–Kier alpha value is -3.16. The predicted octanol–water partition coefficient (Wildman–Crippen LogP) is 4.52. The molecular formula is C24H20ClNO5S. The van der Waals surface area contributed by atoms with Gasteiger partial charge in [0.1, 0.15) is 0 Å². The first kappa shape index (κ1) is 22.0. The number of hydrogen-bond acceptors (Lipinski definition) is 5. The zero-order valence-corrected chi connectivity index (χ0v) is 18.6. The monoisotopic (exact) mass is 469 g/mol. The van der Waals surface area contributed by atoms with Crippen LogP contribution in [0.25, 0.3) is 0 Å². The number of Topliss-reactive ketones (excluding diaryl/α,β-unsaturated/α-hetero) is 1. The average molecular weight is 470 g/mol. The third-order valence-corrected chi connectivity index (χ3v) is 7.33. The van der Waals surface area contributed by atoms with Crippen molar-refractivity contribution >= 4 is 39.1 Å². The predicted molar refractivity (Wildman–Crippen MR) is 122 cm³/mol. The van der Waals surface area contributed by atoms with Crippen LogP contribution in [-0.2, 0) is 21.2 Å². The summed E-state index contributed by atoms with van der Waals surface area (Å²) in [7, 11) is -3.77. The number of aryl methyl sites for hydroxylation is 1. The molecule has 0 aromatic heterocycles. The summed E-state index contributed by atoms with van der Waals surface area (Å²) >= 11 is 5.80. The van der Waals surface area contributed by atoms with Crippen LogP contribution in [0.3, 0.4) is 0 Å². The average Bonchev–Trinajstić information content (AvgIpc) is 2.82. The van der Waals surface area contributed by atoms with Crippen molar-refractivity contribution in [1.82, 2.24) is 0 Å². The minimum atomic E-state index is -3.77. The Morgan fingerprint density at radius 2 is 1.56 bits per heavy atom. The van der Waals surface area contributed by atoms with Crippen molar-refractivity contribution in [1.29, 1.82) is 0 Å². The van der Waals surface area contributed by atoms with Crippen LogP contribution in [0.2, 0.25) is 5.02 Å². The number of carbonyl (C=O) groups excluding carboxylic acids is 2. The van der Waals surface area contributed by atoms with Gasteiger partial charge in [-0.2, -0.15) is 0 Å². The highest BCUT2D eigenvalue weighted by Gasteiger charge is 2.29. The fourth-order valence-electron chi connectivity index (χ4n) is 3.57. The standard InChI is InChI=1S/C24H20ClNO5S/c25-20-11-7-18(8-12-20)23(27)16-31-24(28)19-9-13-21(14-10-19)32(29,30)26-15-3-5-17-4-1-2-6-22(17)26/h1-2,4,6-14H,3,5,15-16H2. The smallest absolute Gasteiger partial charge is 0.338 e. The van der Waals surface area contributed by atoms with Crippen LogP contribution in [-0.4, -0.2) is 33.3 Å². The maximum absolute atomic E-state index is 13.2. The summed E-state index contributed by atoms with van der Waals surface area (Å²) in [5.41, 5.74) is 2.22. The molecule has 3 aromatic rings. The third kappa shape index (κ3) is 4.54. The molecule has 164 valence electrons. The number of carbonyl (C=O) groups is 2. The number of hydrogen-bond donors (Lipinski definition) is 0. The SMILES string of the molecule is O=C(COC(=O)c1ccc(S(=O)(=O)N2CCCc3ccccc32)cc1)c1ccc(Cl)cc1. The summed E-state index contributed by atoms with van der Waals surface area (Å²) in [4.78, 5) is 24.5. The van der Waals surface area contributed by atoms with E-state index in [1.165, 1.54) is 28.6 Å². The summed E-state index contributed by atoms with van der Waals surface area (Å²) in [5.74, 6) is -1.07. The number of fused-ring (bicyclic) bond motifs is 1. The fraction of sp³-hybridized carbons (Fsp3) is 0.167. The lowest BCUT2D eigenvalue weighted by Crippen LogP contribution is -2.35. The molecule has 4 rings (SSSR count). The molecule has 0 saturated carbocycles.